The number of aromatic nitrogens is 2. The summed E-state index contributed by atoms with van der Waals surface area (Å²) in [7, 11) is 0. The van der Waals surface area contributed by atoms with Crippen LogP contribution in [0.3, 0.4) is 0 Å². The Morgan fingerprint density at radius 2 is 2.12 bits per heavy atom. The summed E-state index contributed by atoms with van der Waals surface area (Å²) in [5.41, 5.74) is 2.84. The third-order valence-corrected chi connectivity index (χ3v) is 4.08. The number of hydrogen-bond donors (Lipinski definition) is 0. The van der Waals surface area contributed by atoms with E-state index in [0.29, 0.717) is 6.10 Å². The Bertz CT molecular complexity index is 391. The van der Waals surface area contributed by atoms with Gasteiger partial charge in [0.25, 0.3) is 0 Å². The van der Waals surface area contributed by atoms with E-state index < -0.39 is 0 Å². The Labute approximate surface area is 103 Å². The first-order valence-corrected chi connectivity index (χ1v) is 7.01. The van der Waals surface area contributed by atoms with Crippen molar-refractivity contribution < 1.29 is 4.74 Å². The van der Waals surface area contributed by atoms with Crippen LogP contribution < -0.4 is 0 Å². The summed E-state index contributed by atoms with van der Waals surface area (Å²) in [6, 6.07) is 0. The lowest BCUT2D eigenvalue weighted by Crippen LogP contribution is -2.26. The molecular weight excluding hydrogens is 212 g/mol. The predicted octanol–water partition coefficient (Wildman–Crippen LogP) is 2.64. The lowest BCUT2D eigenvalue weighted by atomic mass is 10.0. The molecule has 1 saturated heterocycles. The van der Waals surface area contributed by atoms with Crippen LogP contribution in [-0.4, -0.2) is 22.3 Å². The second-order valence-corrected chi connectivity index (χ2v) is 5.36. The first kappa shape index (κ1) is 11.3. The Morgan fingerprint density at radius 3 is 2.94 bits per heavy atom. The van der Waals surface area contributed by atoms with Crippen molar-refractivity contribution in [3.05, 3.63) is 17.2 Å². The van der Waals surface area contributed by atoms with E-state index in [9.17, 15) is 0 Å². The standard InChI is InChI=1S/C14H22N2O/c1-11-15-13-7-2-3-8-14(13)16(11)10-12-6-4-5-9-17-12/h12H,2-10H2,1H3. The van der Waals surface area contributed by atoms with Crippen molar-refractivity contribution in [2.45, 2.75) is 64.5 Å². The molecule has 3 rings (SSSR count). The minimum Gasteiger partial charge on any atom is -0.376 e. The number of imidazole rings is 1. The van der Waals surface area contributed by atoms with Crippen molar-refractivity contribution in [2.24, 2.45) is 0 Å². The van der Waals surface area contributed by atoms with Gasteiger partial charge in [-0.25, -0.2) is 4.98 Å². The van der Waals surface area contributed by atoms with Crippen LogP contribution in [0, 0.1) is 6.92 Å². The second kappa shape index (κ2) is 4.81. The molecule has 1 atom stereocenters. The second-order valence-electron chi connectivity index (χ2n) is 5.36. The number of fused-ring (bicyclic) bond motifs is 1. The molecule has 2 heterocycles. The van der Waals surface area contributed by atoms with Crippen LogP contribution in [0.2, 0.25) is 0 Å². The van der Waals surface area contributed by atoms with Crippen molar-refractivity contribution >= 4 is 0 Å². The molecular formula is C14H22N2O. The van der Waals surface area contributed by atoms with E-state index in [0.717, 1.165) is 13.2 Å². The SMILES string of the molecule is Cc1nc2c(n1CC1CCCCO1)CCCC2. The number of hydrogen-bond acceptors (Lipinski definition) is 2. The van der Waals surface area contributed by atoms with Crippen molar-refractivity contribution in [1.29, 1.82) is 0 Å². The number of aryl methyl sites for hydroxylation is 2. The van der Waals surface area contributed by atoms with Gasteiger partial charge in [-0.1, -0.05) is 0 Å². The molecule has 0 saturated carbocycles. The Balaban J connectivity index is 1.79. The molecule has 94 valence electrons. The van der Waals surface area contributed by atoms with Crippen LogP contribution in [0.4, 0.5) is 0 Å². The highest BCUT2D eigenvalue weighted by Crippen LogP contribution is 2.24. The van der Waals surface area contributed by atoms with Gasteiger partial charge in [-0.05, 0) is 51.9 Å². The van der Waals surface area contributed by atoms with Gasteiger partial charge in [0, 0.05) is 12.3 Å². The van der Waals surface area contributed by atoms with Gasteiger partial charge in [-0.2, -0.15) is 0 Å². The van der Waals surface area contributed by atoms with Gasteiger partial charge in [-0.3, -0.25) is 0 Å². The summed E-state index contributed by atoms with van der Waals surface area (Å²) < 4.78 is 8.27. The summed E-state index contributed by atoms with van der Waals surface area (Å²) >= 11 is 0. The molecule has 2 aliphatic rings. The fourth-order valence-electron chi connectivity index (χ4n) is 3.13. The quantitative estimate of drug-likeness (QED) is 0.786. The van der Waals surface area contributed by atoms with Crippen LogP contribution in [0.15, 0.2) is 0 Å². The van der Waals surface area contributed by atoms with Gasteiger partial charge < -0.3 is 9.30 Å². The maximum atomic E-state index is 5.85. The van der Waals surface area contributed by atoms with Gasteiger partial charge in [0.05, 0.1) is 18.3 Å². The maximum Gasteiger partial charge on any atom is 0.106 e. The highest BCUT2D eigenvalue weighted by Gasteiger charge is 2.21. The maximum absolute atomic E-state index is 5.85. The molecule has 0 bridgehead atoms. The molecule has 1 aromatic heterocycles. The van der Waals surface area contributed by atoms with E-state index >= 15 is 0 Å². The lowest BCUT2D eigenvalue weighted by molar-refractivity contribution is 0.00520. The summed E-state index contributed by atoms with van der Waals surface area (Å²) in [6.07, 6.45) is 9.21. The number of rotatable bonds is 2. The smallest absolute Gasteiger partial charge is 0.106 e. The molecule has 3 nitrogen and oxygen atoms in total. The van der Waals surface area contributed by atoms with E-state index in [4.69, 9.17) is 9.72 Å². The van der Waals surface area contributed by atoms with E-state index in [-0.39, 0.29) is 0 Å². The number of nitrogens with zero attached hydrogens (tertiary/aromatic N) is 2. The fraction of sp³-hybridized carbons (Fsp3) is 0.786. The van der Waals surface area contributed by atoms with Gasteiger partial charge in [-0.15, -0.1) is 0 Å². The average Bonchev–Trinajstić information content (AvgIpc) is 2.68. The molecule has 3 heteroatoms. The summed E-state index contributed by atoms with van der Waals surface area (Å²) in [4.78, 5) is 4.72. The highest BCUT2D eigenvalue weighted by molar-refractivity contribution is 5.20. The molecule has 0 aromatic carbocycles. The van der Waals surface area contributed by atoms with Crippen molar-refractivity contribution in [3.8, 4) is 0 Å². The molecule has 0 spiro atoms. The monoisotopic (exact) mass is 234 g/mol. The van der Waals surface area contributed by atoms with Crippen LogP contribution >= 0.6 is 0 Å². The summed E-state index contributed by atoms with van der Waals surface area (Å²) in [5, 5.41) is 0. The van der Waals surface area contributed by atoms with Crippen molar-refractivity contribution in [1.82, 2.24) is 9.55 Å². The first-order valence-electron chi connectivity index (χ1n) is 7.01. The molecule has 1 aromatic rings. The highest BCUT2D eigenvalue weighted by atomic mass is 16.5. The predicted molar refractivity (Wildman–Crippen MR) is 67.2 cm³/mol. The lowest BCUT2D eigenvalue weighted by Gasteiger charge is -2.25. The van der Waals surface area contributed by atoms with Crippen LogP contribution in [0.5, 0.6) is 0 Å². The third kappa shape index (κ3) is 2.25. The Morgan fingerprint density at radius 1 is 1.24 bits per heavy atom. The zero-order chi connectivity index (χ0) is 11.7. The molecule has 1 aliphatic heterocycles. The number of ether oxygens (including phenoxy) is 1. The van der Waals surface area contributed by atoms with Gasteiger partial charge in [0.15, 0.2) is 0 Å². The van der Waals surface area contributed by atoms with Gasteiger partial charge in [0.2, 0.25) is 0 Å². The Hall–Kier alpha value is -0.830. The van der Waals surface area contributed by atoms with E-state index in [2.05, 4.69) is 11.5 Å². The molecule has 0 radical (unpaired) electrons. The zero-order valence-corrected chi connectivity index (χ0v) is 10.7. The van der Waals surface area contributed by atoms with Gasteiger partial charge in [0.1, 0.15) is 5.82 Å². The molecule has 1 unspecified atom stereocenters. The van der Waals surface area contributed by atoms with E-state index in [1.165, 1.54) is 62.2 Å². The summed E-state index contributed by atoms with van der Waals surface area (Å²) in [5.74, 6) is 1.19. The van der Waals surface area contributed by atoms with E-state index in [1.807, 2.05) is 0 Å². The van der Waals surface area contributed by atoms with Crippen LogP contribution in [0.25, 0.3) is 0 Å². The molecule has 0 amide bonds. The van der Waals surface area contributed by atoms with Crippen molar-refractivity contribution in [3.63, 3.8) is 0 Å². The Kier molecular flexibility index (Phi) is 3.19. The van der Waals surface area contributed by atoms with E-state index in [1.54, 1.807) is 0 Å². The fourth-order valence-corrected chi connectivity index (χ4v) is 3.13. The minimum atomic E-state index is 0.419. The van der Waals surface area contributed by atoms with Crippen LogP contribution in [0.1, 0.15) is 49.3 Å². The molecule has 0 N–H and O–H groups in total. The topological polar surface area (TPSA) is 27.1 Å². The molecule has 17 heavy (non-hydrogen) atoms. The minimum absolute atomic E-state index is 0.419. The van der Waals surface area contributed by atoms with Crippen LogP contribution in [-0.2, 0) is 24.1 Å². The summed E-state index contributed by atoms with van der Waals surface area (Å²) in [6.45, 7) is 4.11. The normalized spacial score (nSPS) is 24.6. The van der Waals surface area contributed by atoms with Gasteiger partial charge >= 0.3 is 0 Å². The molecule has 1 aliphatic carbocycles. The van der Waals surface area contributed by atoms with Crippen molar-refractivity contribution in [2.75, 3.05) is 6.61 Å². The zero-order valence-electron chi connectivity index (χ0n) is 10.7. The average molecular weight is 234 g/mol. The largest absolute Gasteiger partial charge is 0.376 e. The molecule has 1 fully saturated rings. The first-order chi connectivity index (χ1) is 8.34. The third-order valence-electron chi connectivity index (χ3n) is 4.08.